The minimum absolute atomic E-state index is 0.0234. The van der Waals surface area contributed by atoms with Crippen molar-refractivity contribution in [3.63, 3.8) is 0 Å². The van der Waals surface area contributed by atoms with E-state index in [1.807, 2.05) is 42.2 Å². The van der Waals surface area contributed by atoms with Gasteiger partial charge in [-0.15, -0.1) is 0 Å². The lowest BCUT2D eigenvalue weighted by Crippen LogP contribution is -2.52. The van der Waals surface area contributed by atoms with Crippen molar-refractivity contribution >= 4 is 28.4 Å². The molecule has 7 heteroatoms. The number of carbonyl (C=O) groups is 1. The lowest BCUT2D eigenvalue weighted by Gasteiger charge is -2.40. The summed E-state index contributed by atoms with van der Waals surface area (Å²) in [5.74, 6) is 1.55. The molecule has 0 unspecified atom stereocenters. The molecule has 5 rings (SSSR count). The zero-order valence-corrected chi connectivity index (χ0v) is 19.2. The molecule has 2 aliphatic heterocycles. The van der Waals surface area contributed by atoms with Gasteiger partial charge in [0.1, 0.15) is 0 Å². The smallest absolute Gasteiger partial charge is 0.258 e. The van der Waals surface area contributed by atoms with Crippen molar-refractivity contribution in [3.8, 4) is 5.88 Å². The van der Waals surface area contributed by atoms with Gasteiger partial charge >= 0.3 is 0 Å². The number of aromatic nitrogens is 2. The molecule has 3 aromatic rings. The molecule has 7 nitrogen and oxygen atoms in total. The van der Waals surface area contributed by atoms with Crippen LogP contribution < -0.4 is 14.5 Å². The molecule has 33 heavy (non-hydrogen) atoms. The number of benzene rings is 2. The molecular weight excluding hydrogens is 414 g/mol. The second kappa shape index (κ2) is 9.65. The van der Waals surface area contributed by atoms with Crippen molar-refractivity contribution in [2.45, 2.75) is 19.8 Å². The number of rotatable bonds is 5. The van der Waals surface area contributed by atoms with Crippen molar-refractivity contribution in [2.75, 3.05) is 55.7 Å². The van der Waals surface area contributed by atoms with Gasteiger partial charge in [0.2, 0.25) is 5.91 Å². The van der Waals surface area contributed by atoms with Gasteiger partial charge in [-0.25, -0.2) is 9.97 Å². The fraction of sp³-hybridized carbons (Fsp3) is 0.423. The van der Waals surface area contributed by atoms with Crippen LogP contribution in [0.2, 0.25) is 0 Å². The van der Waals surface area contributed by atoms with Gasteiger partial charge in [0, 0.05) is 45.0 Å². The van der Waals surface area contributed by atoms with Crippen LogP contribution in [-0.4, -0.2) is 66.7 Å². The minimum atomic E-state index is -0.0234. The number of ether oxygens (including phenoxy) is 1. The van der Waals surface area contributed by atoms with E-state index in [0.717, 1.165) is 62.4 Å². The Morgan fingerprint density at radius 3 is 2.33 bits per heavy atom. The first-order valence-electron chi connectivity index (χ1n) is 12.0. The zero-order valence-electron chi connectivity index (χ0n) is 19.2. The maximum atomic E-state index is 13.4. The molecule has 1 atom stereocenters. The van der Waals surface area contributed by atoms with E-state index in [4.69, 9.17) is 14.7 Å². The summed E-state index contributed by atoms with van der Waals surface area (Å²) in [6.45, 7) is 7.28. The van der Waals surface area contributed by atoms with E-state index < -0.39 is 0 Å². The van der Waals surface area contributed by atoms with Crippen molar-refractivity contribution in [1.29, 1.82) is 0 Å². The Morgan fingerprint density at radius 2 is 1.61 bits per heavy atom. The Bertz CT molecular complexity index is 1100. The average molecular weight is 446 g/mol. The topological polar surface area (TPSA) is 61.8 Å². The van der Waals surface area contributed by atoms with Crippen LogP contribution in [0.3, 0.4) is 0 Å². The summed E-state index contributed by atoms with van der Waals surface area (Å²) in [5, 5.41) is 0. The predicted molar refractivity (Wildman–Crippen MR) is 131 cm³/mol. The molecule has 0 radical (unpaired) electrons. The van der Waals surface area contributed by atoms with Crippen LogP contribution in [0.5, 0.6) is 5.88 Å². The molecular formula is C26H31N5O2. The summed E-state index contributed by atoms with van der Waals surface area (Å²) in [7, 11) is 0. The van der Waals surface area contributed by atoms with Crippen LogP contribution >= 0.6 is 0 Å². The number of amides is 1. The van der Waals surface area contributed by atoms with Crippen LogP contribution in [0.15, 0.2) is 54.6 Å². The maximum Gasteiger partial charge on any atom is 0.258 e. The highest BCUT2D eigenvalue weighted by atomic mass is 16.5. The van der Waals surface area contributed by atoms with Gasteiger partial charge in [-0.1, -0.05) is 30.3 Å². The van der Waals surface area contributed by atoms with Gasteiger partial charge in [0.25, 0.3) is 5.88 Å². The predicted octanol–water partition coefficient (Wildman–Crippen LogP) is 3.59. The molecule has 2 fully saturated rings. The summed E-state index contributed by atoms with van der Waals surface area (Å²) >= 11 is 0. The number of piperidine rings is 1. The molecule has 2 aromatic carbocycles. The third-order valence-corrected chi connectivity index (χ3v) is 6.59. The van der Waals surface area contributed by atoms with Crippen molar-refractivity contribution in [2.24, 2.45) is 5.92 Å². The van der Waals surface area contributed by atoms with Gasteiger partial charge in [0.05, 0.1) is 23.6 Å². The number of fused-ring (bicyclic) bond motifs is 1. The summed E-state index contributed by atoms with van der Waals surface area (Å²) in [4.78, 5) is 29.6. The first kappa shape index (κ1) is 21.5. The third-order valence-electron chi connectivity index (χ3n) is 6.59. The van der Waals surface area contributed by atoms with Crippen LogP contribution in [0.25, 0.3) is 11.0 Å². The molecule has 1 amide bonds. The zero-order chi connectivity index (χ0) is 22.6. The Kier molecular flexibility index (Phi) is 6.28. The SMILES string of the molecule is CCOc1nc2ccccc2nc1N1CCC[C@H](C(=O)N2CCN(c3ccccc3)CC2)C1. The number of para-hydroxylation sites is 3. The molecule has 0 aliphatic carbocycles. The number of piperazine rings is 1. The molecule has 0 N–H and O–H groups in total. The van der Waals surface area contributed by atoms with E-state index in [1.165, 1.54) is 5.69 Å². The van der Waals surface area contributed by atoms with Crippen molar-refractivity contribution in [3.05, 3.63) is 54.6 Å². The van der Waals surface area contributed by atoms with Gasteiger partial charge in [-0.3, -0.25) is 4.79 Å². The summed E-state index contributed by atoms with van der Waals surface area (Å²) in [6, 6.07) is 18.3. The number of hydrogen-bond acceptors (Lipinski definition) is 6. The number of anilines is 2. The van der Waals surface area contributed by atoms with Crippen molar-refractivity contribution in [1.82, 2.24) is 14.9 Å². The summed E-state index contributed by atoms with van der Waals surface area (Å²) in [6.07, 6.45) is 1.87. The molecule has 2 saturated heterocycles. The average Bonchev–Trinajstić information content (AvgIpc) is 2.89. The first-order chi connectivity index (χ1) is 16.2. The highest BCUT2D eigenvalue weighted by molar-refractivity contribution is 5.81. The maximum absolute atomic E-state index is 13.4. The van der Waals surface area contributed by atoms with E-state index >= 15 is 0 Å². The quantitative estimate of drug-likeness (QED) is 0.598. The lowest BCUT2D eigenvalue weighted by molar-refractivity contribution is -0.136. The lowest BCUT2D eigenvalue weighted by atomic mass is 9.96. The normalized spacial score (nSPS) is 19.1. The molecule has 2 aliphatic rings. The fourth-order valence-electron chi connectivity index (χ4n) is 4.87. The van der Waals surface area contributed by atoms with Gasteiger partial charge in [-0.2, -0.15) is 0 Å². The second-order valence-corrected chi connectivity index (χ2v) is 8.71. The van der Waals surface area contributed by atoms with Gasteiger partial charge in [-0.05, 0) is 44.0 Å². The molecule has 0 bridgehead atoms. The molecule has 3 heterocycles. The molecule has 0 saturated carbocycles. The third kappa shape index (κ3) is 4.58. The van der Waals surface area contributed by atoms with Gasteiger partial charge in [0.15, 0.2) is 5.82 Å². The molecule has 1 aromatic heterocycles. The van der Waals surface area contributed by atoms with E-state index in [2.05, 4.69) is 34.1 Å². The monoisotopic (exact) mass is 445 g/mol. The van der Waals surface area contributed by atoms with Crippen LogP contribution in [0.4, 0.5) is 11.5 Å². The van der Waals surface area contributed by atoms with Crippen LogP contribution in [0.1, 0.15) is 19.8 Å². The largest absolute Gasteiger partial charge is 0.475 e. The number of hydrogen-bond donors (Lipinski definition) is 0. The Labute approximate surface area is 195 Å². The second-order valence-electron chi connectivity index (χ2n) is 8.71. The summed E-state index contributed by atoms with van der Waals surface area (Å²) in [5.41, 5.74) is 2.90. The highest BCUT2D eigenvalue weighted by Crippen LogP contribution is 2.31. The van der Waals surface area contributed by atoms with Gasteiger partial charge < -0.3 is 19.4 Å². The van der Waals surface area contributed by atoms with Crippen molar-refractivity contribution < 1.29 is 9.53 Å². The van der Waals surface area contributed by atoms with E-state index in [0.29, 0.717) is 19.0 Å². The molecule has 172 valence electrons. The first-order valence-corrected chi connectivity index (χ1v) is 12.0. The minimum Gasteiger partial charge on any atom is -0.475 e. The number of carbonyl (C=O) groups excluding carboxylic acids is 1. The highest BCUT2D eigenvalue weighted by Gasteiger charge is 2.32. The number of nitrogens with zero attached hydrogens (tertiary/aromatic N) is 5. The van der Waals surface area contributed by atoms with E-state index in [9.17, 15) is 4.79 Å². The Hall–Kier alpha value is -3.35. The Balaban J connectivity index is 1.28. The van der Waals surface area contributed by atoms with Crippen LogP contribution in [0, 0.1) is 5.92 Å². The van der Waals surface area contributed by atoms with E-state index in [-0.39, 0.29) is 11.8 Å². The van der Waals surface area contributed by atoms with Crippen LogP contribution in [-0.2, 0) is 4.79 Å². The Morgan fingerprint density at radius 1 is 0.909 bits per heavy atom. The fourth-order valence-corrected chi connectivity index (χ4v) is 4.87. The standard InChI is InChI=1S/C26H31N5O2/c1-2-33-25-24(27-22-12-6-7-13-23(22)28-25)31-14-8-9-20(19-31)26(32)30-17-15-29(16-18-30)21-10-4-3-5-11-21/h3-7,10-13,20H,2,8-9,14-19H2,1H3/t20-/m0/s1. The van der Waals surface area contributed by atoms with E-state index in [1.54, 1.807) is 0 Å². The molecule has 0 spiro atoms. The summed E-state index contributed by atoms with van der Waals surface area (Å²) < 4.78 is 5.85.